The van der Waals surface area contributed by atoms with Gasteiger partial charge in [-0.05, 0) is 19.4 Å². The summed E-state index contributed by atoms with van der Waals surface area (Å²) in [5, 5.41) is 3.46. The van der Waals surface area contributed by atoms with Crippen LogP contribution < -0.4 is 10.2 Å². The Hall–Kier alpha value is -2.13. The lowest BCUT2D eigenvalue weighted by atomic mass is 9.88. The highest BCUT2D eigenvalue weighted by atomic mass is 19.3. The lowest BCUT2D eigenvalue weighted by Gasteiger charge is -2.41. The maximum absolute atomic E-state index is 14.4. The Morgan fingerprint density at radius 3 is 2.79 bits per heavy atom. The summed E-state index contributed by atoms with van der Waals surface area (Å²) < 4.78 is 28.7. The number of nitrogens with one attached hydrogen (secondary N) is 1. The molecule has 2 fully saturated rings. The summed E-state index contributed by atoms with van der Waals surface area (Å²) in [6.07, 6.45) is 2.64. The molecule has 0 unspecified atom stereocenters. The van der Waals surface area contributed by atoms with E-state index in [1.807, 2.05) is 18.7 Å². The fraction of sp³-hybridized carbons (Fsp3) is 0.708. The molecule has 1 aromatic rings. The van der Waals surface area contributed by atoms with Crippen molar-refractivity contribution in [3.63, 3.8) is 0 Å². The molecule has 0 radical (unpaired) electrons. The number of anilines is 1. The van der Waals surface area contributed by atoms with E-state index in [0.717, 1.165) is 18.5 Å². The molecule has 3 aliphatic heterocycles. The van der Waals surface area contributed by atoms with Gasteiger partial charge in [-0.1, -0.05) is 20.8 Å². The summed E-state index contributed by atoms with van der Waals surface area (Å²) in [5.41, 5.74) is 0.702. The number of rotatable bonds is 6. The Bertz CT molecular complexity index is 922. The zero-order valence-electron chi connectivity index (χ0n) is 20.0. The number of halogens is 2. The quantitative estimate of drug-likeness (QED) is 0.702. The lowest BCUT2D eigenvalue weighted by molar-refractivity contribution is -0.128. The van der Waals surface area contributed by atoms with Crippen molar-refractivity contribution in [3.8, 4) is 0 Å². The molecule has 4 rings (SSSR count). The summed E-state index contributed by atoms with van der Waals surface area (Å²) in [6, 6.07) is 1.66. The number of piperazine rings is 1. The van der Waals surface area contributed by atoms with Gasteiger partial charge in [0.05, 0.1) is 12.2 Å². The zero-order valence-corrected chi connectivity index (χ0v) is 20.0. The van der Waals surface area contributed by atoms with Crippen molar-refractivity contribution in [1.82, 2.24) is 20.1 Å². The molecule has 0 spiro atoms. The van der Waals surface area contributed by atoms with Crippen molar-refractivity contribution in [1.29, 1.82) is 0 Å². The van der Waals surface area contributed by atoms with Gasteiger partial charge < -0.3 is 15.1 Å². The summed E-state index contributed by atoms with van der Waals surface area (Å²) in [7, 11) is 0. The number of amides is 2. The van der Waals surface area contributed by atoms with Crippen LogP contribution in [0.25, 0.3) is 0 Å². The van der Waals surface area contributed by atoms with Gasteiger partial charge in [0.15, 0.2) is 0 Å². The van der Waals surface area contributed by atoms with Crippen molar-refractivity contribution in [2.75, 3.05) is 44.2 Å². The van der Waals surface area contributed by atoms with Gasteiger partial charge in [0.2, 0.25) is 11.8 Å². The molecule has 0 aliphatic carbocycles. The number of carbonyl (C=O) groups is 2. The summed E-state index contributed by atoms with van der Waals surface area (Å²) in [5.74, 6) is -2.96. The van der Waals surface area contributed by atoms with E-state index < -0.39 is 5.92 Å². The van der Waals surface area contributed by atoms with Crippen molar-refractivity contribution in [2.24, 2.45) is 0 Å². The van der Waals surface area contributed by atoms with E-state index in [0.29, 0.717) is 38.3 Å². The average molecular weight is 464 g/mol. The molecule has 182 valence electrons. The standard InChI is InChI=1S/C24H35F2N5O2/c1-5-24(25,26)20-9-19-18(11-28-20)23(3,4)15-31(19)22(33)14-30-12-16(2)27-10-17(30)13-29-8-6-7-21(29)32/h9,11,16-17,27H,5-8,10,12-15H2,1-4H3/t16-,17-/m1/s1. The van der Waals surface area contributed by atoms with Crippen LogP contribution in [-0.2, 0) is 20.9 Å². The highest BCUT2D eigenvalue weighted by Gasteiger charge is 2.42. The number of carbonyl (C=O) groups excluding carboxylic acids is 2. The Morgan fingerprint density at radius 2 is 2.12 bits per heavy atom. The van der Waals surface area contributed by atoms with Crippen molar-refractivity contribution in [2.45, 2.75) is 70.4 Å². The van der Waals surface area contributed by atoms with Gasteiger partial charge in [-0.2, -0.15) is 8.78 Å². The minimum Gasteiger partial charge on any atom is -0.341 e. The van der Waals surface area contributed by atoms with Crippen LogP contribution >= 0.6 is 0 Å². The maximum Gasteiger partial charge on any atom is 0.289 e. The molecule has 9 heteroatoms. The largest absolute Gasteiger partial charge is 0.341 e. The zero-order chi connectivity index (χ0) is 24.0. The molecular formula is C24H35F2N5O2. The molecule has 7 nitrogen and oxygen atoms in total. The number of nitrogens with zero attached hydrogens (tertiary/aromatic N) is 4. The number of hydrogen-bond acceptors (Lipinski definition) is 5. The first-order valence-electron chi connectivity index (χ1n) is 12.0. The van der Waals surface area contributed by atoms with E-state index in [2.05, 4.69) is 22.1 Å². The van der Waals surface area contributed by atoms with Crippen molar-refractivity contribution >= 4 is 17.5 Å². The number of aromatic nitrogens is 1. The minimum absolute atomic E-state index is 0.0414. The molecule has 2 atom stereocenters. The first kappa shape index (κ1) is 24.0. The molecule has 2 amide bonds. The third-order valence-corrected chi connectivity index (χ3v) is 7.24. The third-order valence-electron chi connectivity index (χ3n) is 7.24. The third kappa shape index (κ3) is 4.75. The highest BCUT2D eigenvalue weighted by molar-refractivity contribution is 5.97. The fourth-order valence-electron chi connectivity index (χ4n) is 5.17. The number of fused-ring (bicyclic) bond motifs is 1. The maximum atomic E-state index is 14.4. The fourth-order valence-corrected chi connectivity index (χ4v) is 5.17. The smallest absolute Gasteiger partial charge is 0.289 e. The molecular weight excluding hydrogens is 428 g/mol. The molecule has 0 saturated carbocycles. The highest BCUT2D eigenvalue weighted by Crippen LogP contribution is 2.42. The number of hydrogen-bond donors (Lipinski definition) is 1. The predicted octanol–water partition coefficient (Wildman–Crippen LogP) is 2.49. The van der Waals surface area contributed by atoms with Gasteiger partial charge in [0.25, 0.3) is 5.92 Å². The Morgan fingerprint density at radius 1 is 1.36 bits per heavy atom. The second-order valence-corrected chi connectivity index (χ2v) is 10.3. The van der Waals surface area contributed by atoms with E-state index in [1.165, 1.54) is 19.2 Å². The molecule has 33 heavy (non-hydrogen) atoms. The molecule has 0 aromatic carbocycles. The SMILES string of the molecule is CCC(F)(F)c1cc2c(cn1)C(C)(C)CN2C(=O)CN1C[C@@H](C)NC[C@@H]1CN1CCCC1=O. The van der Waals surface area contributed by atoms with E-state index in [4.69, 9.17) is 0 Å². The number of pyridine rings is 1. The van der Waals surface area contributed by atoms with Crippen LogP contribution in [0.15, 0.2) is 12.3 Å². The van der Waals surface area contributed by atoms with Gasteiger partial charge in [0.1, 0.15) is 5.69 Å². The topological polar surface area (TPSA) is 68.8 Å². The van der Waals surface area contributed by atoms with Gasteiger partial charge >= 0.3 is 0 Å². The normalized spacial score (nSPS) is 25.6. The van der Waals surface area contributed by atoms with E-state index in [9.17, 15) is 18.4 Å². The van der Waals surface area contributed by atoms with Gasteiger partial charge in [-0.15, -0.1) is 0 Å². The number of likely N-dealkylation sites (tertiary alicyclic amines) is 1. The second kappa shape index (κ2) is 8.91. The van der Waals surface area contributed by atoms with Crippen LogP contribution in [0.2, 0.25) is 0 Å². The van der Waals surface area contributed by atoms with Crippen LogP contribution in [0.4, 0.5) is 14.5 Å². The van der Waals surface area contributed by atoms with Crippen LogP contribution in [0.3, 0.4) is 0 Å². The first-order chi connectivity index (χ1) is 15.5. The molecule has 3 aliphatic rings. The predicted molar refractivity (Wildman–Crippen MR) is 122 cm³/mol. The Kier molecular flexibility index (Phi) is 6.48. The van der Waals surface area contributed by atoms with E-state index in [1.54, 1.807) is 4.90 Å². The summed E-state index contributed by atoms with van der Waals surface area (Å²) in [6.45, 7) is 10.9. The van der Waals surface area contributed by atoms with Crippen molar-refractivity contribution < 1.29 is 18.4 Å². The van der Waals surface area contributed by atoms with Crippen molar-refractivity contribution in [3.05, 3.63) is 23.5 Å². The monoisotopic (exact) mass is 463 g/mol. The second-order valence-electron chi connectivity index (χ2n) is 10.3. The summed E-state index contributed by atoms with van der Waals surface area (Å²) >= 11 is 0. The molecule has 2 saturated heterocycles. The van der Waals surface area contributed by atoms with Gasteiger partial charge in [-0.3, -0.25) is 19.5 Å². The lowest BCUT2D eigenvalue weighted by Crippen LogP contribution is -2.60. The molecule has 1 aromatic heterocycles. The van der Waals surface area contributed by atoms with Crippen LogP contribution in [0.1, 0.15) is 58.2 Å². The molecule has 4 heterocycles. The first-order valence-corrected chi connectivity index (χ1v) is 12.0. The molecule has 0 bridgehead atoms. The summed E-state index contributed by atoms with van der Waals surface area (Å²) in [4.78, 5) is 35.4. The Balaban J connectivity index is 1.55. The van der Waals surface area contributed by atoms with E-state index >= 15 is 0 Å². The van der Waals surface area contributed by atoms with Gasteiger partial charge in [0, 0.05) is 74.8 Å². The Labute approximate surface area is 194 Å². The minimum atomic E-state index is -3.03. The van der Waals surface area contributed by atoms with Crippen LogP contribution in [-0.4, -0.2) is 78.0 Å². The molecule has 1 N–H and O–H groups in total. The number of alkyl halides is 2. The average Bonchev–Trinajstić information content (AvgIpc) is 3.29. The van der Waals surface area contributed by atoms with Gasteiger partial charge in [-0.25, -0.2) is 0 Å². The van der Waals surface area contributed by atoms with Crippen LogP contribution in [0, 0.1) is 0 Å². The van der Waals surface area contributed by atoms with E-state index in [-0.39, 0.29) is 48.0 Å². The van der Waals surface area contributed by atoms with Crippen LogP contribution in [0.5, 0.6) is 0 Å².